The van der Waals surface area contributed by atoms with Crippen molar-refractivity contribution in [2.24, 2.45) is 12.9 Å². The van der Waals surface area contributed by atoms with Gasteiger partial charge < -0.3 is 0 Å². The average Bonchev–Trinajstić information content (AvgIpc) is 2.67. The molecule has 1 aromatic carbocycles. The number of nitrogens with two attached hydrogens (primary N) is 1. The van der Waals surface area contributed by atoms with Crippen LogP contribution in [0.15, 0.2) is 18.2 Å². The number of rotatable bonds is 3. The van der Waals surface area contributed by atoms with Gasteiger partial charge in [-0.2, -0.15) is 5.10 Å². The highest BCUT2D eigenvalue weighted by Gasteiger charge is 2.18. The molecule has 1 atom stereocenters. The normalized spacial score (nSPS) is 12.7. The molecular formula is C15H22N4. The molecule has 102 valence electrons. The molecule has 4 nitrogen and oxygen atoms in total. The molecule has 19 heavy (non-hydrogen) atoms. The standard InChI is InChI=1S/C15H22N4/c1-9-6-11(3)13(7-10(9)2)15(17-16)14-8-12(4)19(5)18-14/h6-8,15,17H,16H2,1-5H3. The third-order valence-electron chi connectivity index (χ3n) is 3.79. The van der Waals surface area contributed by atoms with E-state index >= 15 is 0 Å². The van der Waals surface area contributed by atoms with Crippen LogP contribution in [-0.4, -0.2) is 9.78 Å². The quantitative estimate of drug-likeness (QED) is 0.655. The van der Waals surface area contributed by atoms with E-state index in [0.29, 0.717) is 0 Å². The van der Waals surface area contributed by atoms with Gasteiger partial charge in [-0.25, -0.2) is 5.43 Å². The summed E-state index contributed by atoms with van der Waals surface area (Å²) in [5.74, 6) is 5.75. The van der Waals surface area contributed by atoms with Crippen molar-refractivity contribution in [3.63, 3.8) is 0 Å². The fraction of sp³-hybridized carbons (Fsp3) is 0.400. The van der Waals surface area contributed by atoms with E-state index in [2.05, 4.69) is 49.5 Å². The molecule has 1 aromatic heterocycles. The number of aryl methyl sites for hydroxylation is 5. The fourth-order valence-corrected chi connectivity index (χ4v) is 2.36. The van der Waals surface area contributed by atoms with Crippen molar-refractivity contribution in [3.8, 4) is 0 Å². The Kier molecular flexibility index (Phi) is 3.73. The Bertz CT molecular complexity index is 579. The summed E-state index contributed by atoms with van der Waals surface area (Å²) in [5.41, 5.74) is 9.95. The van der Waals surface area contributed by atoms with Crippen molar-refractivity contribution in [1.82, 2.24) is 15.2 Å². The second kappa shape index (κ2) is 5.15. The summed E-state index contributed by atoms with van der Waals surface area (Å²) in [4.78, 5) is 0. The first kappa shape index (κ1) is 13.8. The Morgan fingerprint density at radius 1 is 1.05 bits per heavy atom. The van der Waals surface area contributed by atoms with E-state index in [1.807, 2.05) is 18.7 Å². The first-order valence-corrected chi connectivity index (χ1v) is 6.48. The van der Waals surface area contributed by atoms with Crippen LogP contribution in [0.2, 0.25) is 0 Å². The van der Waals surface area contributed by atoms with Crippen LogP contribution in [0, 0.1) is 27.7 Å². The minimum absolute atomic E-state index is 0.0702. The lowest BCUT2D eigenvalue weighted by atomic mass is 9.94. The second-order valence-electron chi connectivity index (χ2n) is 5.23. The predicted octanol–water partition coefficient (Wildman–Crippen LogP) is 2.21. The molecule has 2 aromatic rings. The molecule has 1 heterocycles. The van der Waals surface area contributed by atoms with E-state index < -0.39 is 0 Å². The average molecular weight is 258 g/mol. The molecule has 0 aliphatic rings. The van der Waals surface area contributed by atoms with Crippen LogP contribution in [0.1, 0.15) is 39.7 Å². The molecule has 0 bridgehead atoms. The molecule has 0 saturated carbocycles. The van der Waals surface area contributed by atoms with E-state index in [1.54, 1.807) is 0 Å². The number of nitrogens with zero attached hydrogens (tertiary/aromatic N) is 2. The molecule has 0 radical (unpaired) electrons. The van der Waals surface area contributed by atoms with Crippen molar-refractivity contribution in [1.29, 1.82) is 0 Å². The SMILES string of the molecule is Cc1cc(C)c(C(NN)c2cc(C)n(C)n2)cc1C. The number of benzene rings is 1. The molecule has 4 heteroatoms. The summed E-state index contributed by atoms with van der Waals surface area (Å²) < 4.78 is 1.87. The first-order valence-electron chi connectivity index (χ1n) is 6.48. The van der Waals surface area contributed by atoms with Gasteiger partial charge in [0.05, 0.1) is 11.7 Å². The van der Waals surface area contributed by atoms with Crippen LogP contribution >= 0.6 is 0 Å². The maximum absolute atomic E-state index is 5.75. The molecule has 0 aliphatic heterocycles. The maximum Gasteiger partial charge on any atom is 0.0902 e. The number of hydrazine groups is 1. The van der Waals surface area contributed by atoms with Crippen molar-refractivity contribution < 1.29 is 0 Å². The summed E-state index contributed by atoms with van der Waals surface area (Å²) >= 11 is 0. The summed E-state index contributed by atoms with van der Waals surface area (Å²) in [7, 11) is 1.94. The summed E-state index contributed by atoms with van der Waals surface area (Å²) in [6.07, 6.45) is 0. The highest BCUT2D eigenvalue weighted by atomic mass is 15.3. The van der Waals surface area contributed by atoms with Gasteiger partial charge in [-0.1, -0.05) is 12.1 Å². The molecule has 2 rings (SSSR count). The number of nitrogens with one attached hydrogen (secondary N) is 1. The Hall–Kier alpha value is -1.65. The van der Waals surface area contributed by atoms with Crippen LogP contribution < -0.4 is 11.3 Å². The van der Waals surface area contributed by atoms with Gasteiger partial charge in [-0.3, -0.25) is 10.5 Å². The topological polar surface area (TPSA) is 55.9 Å². The van der Waals surface area contributed by atoms with Crippen molar-refractivity contribution in [3.05, 3.63) is 51.8 Å². The molecule has 0 saturated heterocycles. The summed E-state index contributed by atoms with van der Waals surface area (Å²) in [5, 5.41) is 4.53. The lowest BCUT2D eigenvalue weighted by molar-refractivity contribution is 0.599. The molecular weight excluding hydrogens is 236 g/mol. The van der Waals surface area contributed by atoms with Gasteiger partial charge in [0.25, 0.3) is 0 Å². The summed E-state index contributed by atoms with van der Waals surface area (Å²) in [6, 6.07) is 6.39. The molecule has 3 N–H and O–H groups in total. The van der Waals surface area contributed by atoms with Gasteiger partial charge >= 0.3 is 0 Å². The zero-order chi connectivity index (χ0) is 14.2. The van der Waals surface area contributed by atoms with Gasteiger partial charge in [-0.05, 0) is 56.0 Å². The second-order valence-corrected chi connectivity index (χ2v) is 5.23. The summed E-state index contributed by atoms with van der Waals surface area (Å²) in [6.45, 7) is 8.40. The van der Waals surface area contributed by atoms with Gasteiger partial charge in [0.15, 0.2) is 0 Å². The van der Waals surface area contributed by atoms with E-state index in [4.69, 9.17) is 5.84 Å². The Labute approximate surface area is 114 Å². The predicted molar refractivity (Wildman–Crippen MR) is 77.8 cm³/mol. The number of aromatic nitrogens is 2. The lowest BCUT2D eigenvalue weighted by Gasteiger charge is -2.18. The highest BCUT2D eigenvalue weighted by molar-refractivity contribution is 5.41. The minimum atomic E-state index is -0.0702. The third-order valence-corrected chi connectivity index (χ3v) is 3.79. The van der Waals surface area contributed by atoms with E-state index in [0.717, 1.165) is 11.4 Å². The maximum atomic E-state index is 5.75. The number of hydrogen-bond donors (Lipinski definition) is 2. The molecule has 0 aliphatic carbocycles. The Balaban J connectivity index is 2.50. The zero-order valence-corrected chi connectivity index (χ0v) is 12.3. The highest BCUT2D eigenvalue weighted by Crippen LogP contribution is 2.26. The Morgan fingerprint density at radius 2 is 1.68 bits per heavy atom. The molecule has 1 unspecified atom stereocenters. The molecule has 0 fully saturated rings. The monoisotopic (exact) mass is 258 g/mol. The smallest absolute Gasteiger partial charge is 0.0902 e. The largest absolute Gasteiger partial charge is 0.273 e. The van der Waals surface area contributed by atoms with Crippen LogP contribution in [-0.2, 0) is 7.05 Å². The van der Waals surface area contributed by atoms with E-state index in [1.165, 1.54) is 22.3 Å². The van der Waals surface area contributed by atoms with E-state index in [9.17, 15) is 0 Å². The first-order chi connectivity index (χ1) is 8.93. The van der Waals surface area contributed by atoms with Crippen LogP contribution in [0.5, 0.6) is 0 Å². The van der Waals surface area contributed by atoms with Crippen molar-refractivity contribution >= 4 is 0 Å². The van der Waals surface area contributed by atoms with Gasteiger partial charge in [-0.15, -0.1) is 0 Å². The van der Waals surface area contributed by atoms with Gasteiger partial charge in [0.2, 0.25) is 0 Å². The Morgan fingerprint density at radius 3 is 2.21 bits per heavy atom. The molecule has 0 spiro atoms. The van der Waals surface area contributed by atoms with Crippen molar-refractivity contribution in [2.45, 2.75) is 33.7 Å². The van der Waals surface area contributed by atoms with Crippen LogP contribution in [0.3, 0.4) is 0 Å². The van der Waals surface area contributed by atoms with Crippen LogP contribution in [0.4, 0.5) is 0 Å². The third kappa shape index (κ3) is 2.55. The van der Waals surface area contributed by atoms with Gasteiger partial charge in [0, 0.05) is 12.7 Å². The zero-order valence-electron chi connectivity index (χ0n) is 12.3. The minimum Gasteiger partial charge on any atom is -0.273 e. The fourth-order valence-electron chi connectivity index (χ4n) is 2.36. The van der Waals surface area contributed by atoms with E-state index in [-0.39, 0.29) is 6.04 Å². The number of hydrogen-bond acceptors (Lipinski definition) is 3. The van der Waals surface area contributed by atoms with Crippen molar-refractivity contribution in [2.75, 3.05) is 0 Å². The lowest BCUT2D eigenvalue weighted by Crippen LogP contribution is -2.30. The van der Waals surface area contributed by atoms with Crippen LogP contribution in [0.25, 0.3) is 0 Å². The molecule has 0 amide bonds. The van der Waals surface area contributed by atoms with Gasteiger partial charge in [0.1, 0.15) is 0 Å².